The van der Waals surface area contributed by atoms with Crippen LogP contribution in [-0.4, -0.2) is 20.6 Å². The molecule has 0 amide bonds. The molecule has 5 heteroatoms. The summed E-state index contributed by atoms with van der Waals surface area (Å²) in [6.45, 7) is 2.61. The Labute approximate surface area is 146 Å². The van der Waals surface area contributed by atoms with Crippen LogP contribution in [0, 0.1) is 6.92 Å². The molecular formula is C20H20N4O. The number of para-hydroxylation sites is 1. The highest BCUT2D eigenvalue weighted by Crippen LogP contribution is 2.30. The molecule has 0 atom stereocenters. The second-order valence-corrected chi connectivity index (χ2v) is 6.39. The Morgan fingerprint density at radius 3 is 2.60 bits per heavy atom. The van der Waals surface area contributed by atoms with Crippen LogP contribution in [0.3, 0.4) is 0 Å². The van der Waals surface area contributed by atoms with E-state index in [1.165, 1.54) is 0 Å². The highest BCUT2D eigenvalue weighted by Gasteiger charge is 2.32. The van der Waals surface area contributed by atoms with E-state index >= 15 is 0 Å². The van der Waals surface area contributed by atoms with Crippen LogP contribution in [0.2, 0.25) is 0 Å². The van der Waals surface area contributed by atoms with E-state index in [1.54, 1.807) is 23.2 Å². The Hall–Kier alpha value is -2.95. The first-order valence-corrected chi connectivity index (χ1v) is 8.54. The first-order chi connectivity index (χ1) is 12.2. The van der Waals surface area contributed by atoms with Crippen molar-refractivity contribution in [2.45, 2.75) is 32.4 Å². The van der Waals surface area contributed by atoms with Gasteiger partial charge in [0.15, 0.2) is 5.82 Å². The largest absolute Gasteiger partial charge is 0.343 e. The minimum atomic E-state index is -0.0837. The molecule has 0 N–H and O–H groups in total. The first-order valence-electron chi connectivity index (χ1n) is 8.54. The highest BCUT2D eigenvalue weighted by atomic mass is 16.1. The Bertz CT molecular complexity index is 932. The maximum absolute atomic E-state index is 13.1. The van der Waals surface area contributed by atoms with E-state index in [4.69, 9.17) is 0 Å². The molecule has 0 bridgehead atoms. The number of aryl methyl sites for hydroxylation is 1. The third-order valence-corrected chi connectivity index (χ3v) is 4.52. The fourth-order valence-corrected chi connectivity index (χ4v) is 3.05. The maximum Gasteiger partial charge on any atom is 0.298 e. The molecular weight excluding hydrogens is 312 g/mol. The van der Waals surface area contributed by atoms with Crippen molar-refractivity contribution in [3.63, 3.8) is 0 Å². The fraction of sp³-hybridized carbons (Fsp3) is 0.250. The van der Waals surface area contributed by atoms with Gasteiger partial charge >= 0.3 is 0 Å². The van der Waals surface area contributed by atoms with E-state index < -0.39 is 0 Å². The van der Waals surface area contributed by atoms with Crippen LogP contribution >= 0.6 is 0 Å². The summed E-state index contributed by atoms with van der Waals surface area (Å²) < 4.78 is 1.69. The molecule has 1 aromatic carbocycles. The fourth-order valence-electron chi connectivity index (χ4n) is 3.05. The maximum atomic E-state index is 13.1. The monoisotopic (exact) mass is 332 g/mol. The van der Waals surface area contributed by atoms with Gasteiger partial charge in [0.25, 0.3) is 5.56 Å². The summed E-state index contributed by atoms with van der Waals surface area (Å²) in [6, 6.07) is 14.1. The molecule has 2 aromatic heterocycles. The molecule has 5 nitrogen and oxygen atoms in total. The summed E-state index contributed by atoms with van der Waals surface area (Å²) in [4.78, 5) is 24.0. The van der Waals surface area contributed by atoms with Crippen LogP contribution in [0.15, 0.2) is 65.8 Å². The van der Waals surface area contributed by atoms with E-state index in [9.17, 15) is 4.79 Å². The molecule has 1 aliphatic carbocycles. The van der Waals surface area contributed by atoms with Gasteiger partial charge in [0.1, 0.15) is 0 Å². The third-order valence-electron chi connectivity index (χ3n) is 4.52. The van der Waals surface area contributed by atoms with Crippen molar-refractivity contribution < 1.29 is 0 Å². The molecule has 126 valence electrons. The summed E-state index contributed by atoms with van der Waals surface area (Å²) in [6.07, 6.45) is 7.40. The van der Waals surface area contributed by atoms with Crippen molar-refractivity contribution in [3.05, 3.63) is 82.7 Å². The SMILES string of the molecule is Cc1ccccc1-n1ccnc(N(Cc2ccccn2)C2CC2)c1=O. The quantitative estimate of drug-likeness (QED) is 0.720. The second kappa shape index (κ2) is 6.51. The van der Waals surface area contributed by atoms with Gasteiger partial charge in [0.05, 0.1) is 17.9 Å². The van der Waals surface area contributed by atoms with Crippen LogP contribution in [0.4, 0.5) is 5.82 Å². The van der Waals surface area contributed by atoms with Crippen molar-refractivity contribution >= 4 is 5.82 Å². The van der Waals surface area contributed by atoms with E-state index in [-0.39, 0.29) is 5.56 Å². The van der Waals surface area contributed by atoms with Gasteiger partial charge in [-0.2, -0.15) is 0 Å². The van der Waals surface area contributed by atoms with E-state index in [1.807, 2.05) is 49.4 Å². The molecule has 0 aliphatic heterocycles. The summed E-state index contributed by atoms with van der Waals surface area (Å²) in [5.41, 5.74) is 2.82. The van der Waals surface area contributed by atoms with Crippen molar-refractivity contribution in [2.75, 3.05) is 4.90 Å². The summed E-state index contributed by atoms with van der Waals surface area (Å²) in [5, 5.41) is 0. The van der Waals surface area contributed by atoms with Gasteiger partial charge in [-0.1, -0.05) is 24.3 Å². The van der Waals surface area contributed by atoms with Crippen LogP contribution in [0.5, 0.6) is 0 Å². The Morgan fingerprint density at radius 1 is 1.08 bits per heavy atom. The van der Waals surface area contributed by atoms with Crippen LogP contribution in [-0.2, 0) is 6.54 Å². The van der Waals surface area contributed by atoms with Crippen molar-refractivity contribution in [2.24, 2.45) is 0 Å². The number of rotatable bonds is 5. The number of hydrogen-bond acceptors (Lipinski definition) is 4. The molecule has 0 unspecified atom stereocenters. The number of hydrogen-bond donors (Lipinski definition) is 0. The second-order valence-electron chi connectivity index (χ2n) is 6.39. The van der Waals surface area contributed by atoms with Crippen molar-refractivity contribution in [1.29, 1.82) is 0 Å². The molecule has 25 heavy (non-hydrogen) atoms. The molecule has 4 rings (SSSR count). The molecule has 1 aliphatic rings. The van der Waals surface area contributed by atoms with E-state index in [0.717, 1.165) is 29.8 Å². The molecule has 3 aromatic rings. The number of benzene rings is 1. The Morgan fingerprint density at radius 2 is 1.88 bits per heavy atom. The standard InChI is InChI=1S/C20H20N4O/c1-15-6-2-3-8-18(15)23-13-12-22-19(20(23)25)24(17-9-10-17)14-16-7-4-5-11-21-16/h2-8,11-13,17H,9-10,14H2,1H3. The average molecular weight is 332 g/mol. The molecule has 1 fully saturated rings. The zero-order valence-electron chi connectivity index (χ0n) is 14.2. The number of anilines is 1. The number of nitrogens with zero attached hydrogens (tertiary/aromatic N) is 4. The Kier molecular flexibility index (Phi) is 4.06. The number of pyridine rings is 1. The van der Waals surface area contributed by atoms with Crippen molar-refractivity contribution in [3.8, 4) is 5.69 Å². The van der Waals surface area contributed by atoms with Gasteiger partial charge in [0.2, 0.25) is 0 Å². The summed E-state index contributed by atoms with van der Waals surface area (Å²) in [5.74, 6) is 0.499. The van der Waals surface area contributed by atoms with Crippen molar-refractivity contribution in [1.82, 2.24) is 14.5 Å². The molecule has 0 radical (unpaired) electrons. The van der Waals surface area contributed by atoms with Gasteiger partial charge in [-0.3, -0.25) is 14.3 Å². The average Bonchev–Trinajstić information content (AvgIpc) is 3.47. The van der Waals surface area contributed by atoms with Crippen LogP contribution in [0.1, 0.15) is 24.1 Å². The van der Waals surface area contributed by atoms with Gasteiger partial charge < -0.3 is 4.90 Å². The summed E-state index contributed by atoms with van der Waals surface area (Å²) >= 11 is 0. The van der Waals surface area contributed by atoms with Gasteiger partial charge in [0, 0.05) is 24.6 Å². The van der Waals surface area contributed by atoms with E-state index in [0.29, 0.717) is 18.4 Å². The third kappa shape index (κ3) is 3.18. The first kappa shape index (κ1) is 15.6. The molecule has 0 spiro atoms. The minimum absolute atomic E-state index is 0.0837. The van der Waals surface area contributed by atoms with E-state index in [2.05, 4.69) is 14.9 Å². The van der Waals surface area contributed by atoms with Crippen LogP contribution < -0.4 is 10.5 Å². The lowest BCUT2D eigenvalue weighted by atomic mass is 10.2. The lowest BCUT2D eigenvalue weighted by Crippen LogP contribution is -2.34. The normalized spacial score (nSPS) is 13.6. The lowest BCUT2D eigenvalue weighted by molar-refractivity contribution is 0.744. The van der Waals surface area contributed by atoms with Crippen LogP contribution in [0.25, 0.3) is 5.69 Å². The van der Waals surface area contributed by atoms with Gasteiger partial charge in [-0.15, -0.1) is 0 Å². The topological polar surface area (TPSA) is 51.0 Å². The van der Waals surface area contributed by atoms with Gasteiger partial charge in [-0.25, -0.2) is 4.98 Å². The predicted molar refractivity (Wildman–Crippen MR) is 98.0 cm³/mol. The zero-order valence-corrected chi connectivity index (χ0v) is 14.2. The van der Waals surface area contributed by atoms with Gasteiger partial charge in [-0.05, 0) is 43.5 Å². The molecule has 1 saturated carbocycles. The zero-order chi connectivity index (χ0) is 17.2. The molecule has 2 heterocycles. The predicted octanol–water partition coefficient (Wildman–Crippen LogP) is 3.10. The smallest absolute Gasteiger partial charge is 0.298 e. The summed E-state index contributed by atoms with van der Waals surface area (Å²) in [7, 11) is 0. The minimum Gasteiger partial charge on any atom is -0.343 e. The lowest BCUT2D eigenvalue weighted by Gasteiger charge is -2.23. The molecule has 0 saturated heterocycles. The Balaban J connectivity index is 1.75. The highest BCUT2D eigenvalue weighted by molar-refractivity contribution is 5.45. The number of aromatic nitrogens is 3.